The summed E-state index contributed by atoms with van der Waals surface area (Å²) >= 11 is 0. The lowest BCUT2D eigenvalue weighted by atomic mass is 9.67. The van der Waals surface area contributed by atoms with E-state index >= 15 is 0 Å². The molecule has 0 aliphatic heterocycles. The van der Waals surface area contributed by atoms with Crippen molar-refractivity contribution in [1.29, 1.82) is 0 Å². The van der Waals surface area contributed by atoms with Crippen molar-refractivity contribution in [3.05, 3.63) is 29.3 Å². The zero-order valence-electron chi connectivity index (χ0n) is 15.4. The second kappa shape index (κ2) is 8.83. The second-order valence-corrected chi connectivity index (χ2v) is 6.57. The van der Waals surface area contributed by atoms with Crippen molar-refractivity contribution >= 4 is 17.7 Å². The standard InChI is InChI=1S/C20H26O6/c1-3-26-19(24)20(12-6-4-5-10-17(21)22)13-11-14-15(18(20)23)8-7-9-16(14)25-2/h7-9H,3-6,10-13H2,1-2H3,(H,21,22). The lowest BCUT2D eigenvalue weighted by Gasteiger charge is -2.35. The van der Waals surface area contributed by atoms with E-state index in [0.717, 1.165) is 5.56 Å². The number of benzene rings is 1. The molecular weight excluding hydrogens is 336 g/mol. The van der Waals surface area contributed by atoms with Crippen LogP contribution in [0.3, 0.4) is 0 Å². The highest BCUT2D eigenvalue weighted by Crippen LogP contribution is 2.43. The molecule has 1 aromatic rings. The Hall–Kier alpha value is -2.37. The Morgan fingerprint density at radius 3 is 2.65 bits per heavy atom. The van der Waals surface area contributed by atoms with E-state index in [1.165, 1.54) is 0 Å². The minimum Gasteiger partial charge on any atom is -0.496 e. The summed E-state index contributed by atoms with van der Waals surface area (Å²) in [5.41, 5.74) is 0.179. The van der Waals surface area contributed by atoms with Crippen molar-refractivity contribution in [2.75, 3.05) is 13.7 Å². The Bertz CT molecular complexity index is 681. The van der Waals surface area contributed by atoms with E-state index < -0.39 is 17.4 Å². The number of carboxylic acid groups (broad SMARTS) is 1. The van der Waals surface area contributed by atoms with Crippen molar-refractivity contribution in [2.45, 2.75) is 51.9 Å². The van der Waals surface area contributed by atoms with Crippen LogP contribution in [0.1, 0.15) is 61.4 Å². The molecule has 1 unspecified atom stereocenters. The largest absolute Gasteiger partial charge is 0.496 e. The summed E-state index contributed by atoms with van der Waals surface area (Å²) in [7, 11) is 1.57. The average Bonchev–Trinajstić information content (AvgIpc) is 2.62. The van der Waals surface area contributed by atoms with Crippen LogP contribution in [0, 0.1) is 5.41 Å². The Labute approximate surface area is 153 Å². The van der Waals surface area contributed by atoms with Crippen LogP contribution < -0.4 is 4.74 Å². The molecule has 0 saturated heterocycles. The van der Waals surface area contributed by atoms with Crippen LogP contribution in [-0.2, 0) is 20.7 Å². The summed E-state index contributed by atoms with van der Waals surface area (Å²) in [4.78, 5) is 36.6. The third-order valence-corrected chi connectivity index (χ3v) is 4.99. The van der Waals surface area contributed by atoms with Gasteiger partial charge in [0.05, 0.1) is 13.7 Å². The molecule has 0 amide bonds. The zero-order chi connectivity index (χ0) is 19.2. The topological polar surface area (TPSA) is 89.9 Å². The summed E-state index contributed by atoms with van der Waals surface area (Å²) in [6.45, 7) is 1.95. The molecule has 0 saturated carbocycles. The quantitative estimate of drug-likeness (QED) is 0.411. The highest BCUT2D eigenvalue weighted by atomic mass is 16.5. The maximum absolute atomic E-state index is 13.2. The number of carbonyl (C=O) groups is 3. The molecule has 1 atom stereocenters. The molecular formula is C20H26O6. The first kappa shape index (κ1) is 19.9. The van der Waals surface area contributed by atoms with Crippen LogP contribution in [0.25, 0.3) is 0 Å². The number of carbonyl (C=O) groups excluding carboxylic acids is 2. The van der Waals surface area contributed by atoms with Gasteiger partial charge in [0.15, 0.2) is 5.78 Å². The number of hydrogen-bond donors (Lipinski definition) is 1. The smallest absolute Gasteiger partial charge is 0.320 e. The Morgan fingerprint density at radius 1 is 1.23 bits per heavy atom. The highest BCUT2D eigenvalue weighted by Gasteiger charge is 2.49. The predicted molar refractivity (Wildman–Crippen MR) is 95.4 cm³/mol. The molecule has 26 heavy (non-hydrogen) atoms. The fourth-order valence-corrected chi connectivity index (χ4v) is 3.62. The minimum absolute atomic E-state index is 0.0976. The van der Waals surface area contributed by atoms with Gasteiger partial charge in [0.2, 0.25) is 0 Å². The lowest BCUT2D eigenvalue weighted by molar-refractivity contribution is -0.153. The monoisotopic (exact) mass is 362 g/mol. The summed E-state index contributed by atoms with van der Waals surface area (Å²) < 4.78 is 10.6. The predicted octanol–water partition coefficient (Wildman–Crippen LogP) is 3.41. The van der Waals surface area contributed by atoms with E-state index in [9.17, 15) is 14.4 Å². The van der Waals surface area contributed by atoms with Crippen LogP contribution in [-0.4, -0.2) is 36.5 Å². The molecule has 0 fully saturated rings. The van der Waals surface area contributed by atoms with E-state index in [1.807, 2.05) is 6.07 Å². The number of rotatable bonds is 9. The van der Waals surface area contributed by atoms with Gasteiger partial charge in [-0.15, -0.1) is 0 Å². The van der Waals surface area contributed by atoms with Gasteiger partial charge in [0, 0.05) is 17.5 Å². The Balaban J connectivity index is 2.23. The van der Waals surface area contributed by atoms with Gasteiger partial charge in [-0.2, -0.15) is 0 Å². The molecule has 0 heterocycles. The molecule has 6 heteroatoms. The Morgan fingerprint density at radius 2 is 2.00 bits per heavy atom. The number of ketones is 1. The van der Waals surface area contributed by atoms with Gasteiger partial charge >= 0.3 is 11.9 Å². The third kappa shape index (κ3) is 4.06. The van der Waals surface area contributed by atoms with Crippen LogP contribution in [0.15, 0.2) is 18.2 Å². The van der Waals surface area contributed by atoms with Gasteiger partial charge < -0.3 is 14.6 Å². The first-order chi connectivity index (χ1) is 12.5. The summed E-state index contributed by atoms with van der Waals surface area (Å²) in [5, 5.41) is 8.73. The molecule has 1 N–H and O–H groups in total. The first-order valence-electron chi connectivity index (χ1n) is 9.06. The van der Waals surface area contributed by atoms with Gasteiger partial charge in [0.25, 0.3) is 0 Å². The number of hydrogen-bond acceptors (Lipinski definition) is 5. The van der Waals surface area contributed by atoms with Gasteiger partial charge in [-0.05, 0) is 38.7 Å². The van der Waals surface area contributed by atoms with Crippen molar-refractivity contribution in [3.63, 3.8) is 0 Å². The van der Waals surface area contributed by atoms with Gasteiger partial charge in [0.1, 0.15) is 11.2 Å². The molecule has 6 nitrogen and oxygen atoms in total. The van der Waals surface area contributed by atoms with Gasteiger partial charge in [-0.3, -0.25) is 14.4 Å². The summed E-state index contributed by atoms with van der Waals surface area (Å²) in [6.07, 6.45) is 3.23. The molecule has 142 valence electrons. The Kier molecular flexibility index (Phi) is 6.77. The van der Waals surface area contributed by atoms with E-state index in [-0.39, 0.29) is 18.8 Å². The summed E-state index contributed by atoms with van der Waals surface area (Å²) in [6, 6.07) is 5.30. The van der Waals surface area contributed by atoms with Crippen LogP contribution in [0.5, 0.6) is 5.75 Å². The number of Topliss-reactive ketones (excluding diaryl/α,β-unsaturated/α-hetero) is 1. The molecule has 0 aromatic heterocycles. The molecule has 2 rings (SSSR count). The van der Waals surface area contributed by atoms with E-state index in [2.05, 4.69) is 0 Å². The number of carboxylic acids is 1. The van der Waals surface area contributed by atoms with Crippen molar-refractivity contribution < 1.29 is 29.0 Å². The number of ether oxygens (including phenoxy) is 2. The van der Waals surface area contributed by atoms with Gasteiger partial charge in [-0.1, -0.05) is 25.0 Å². The van der Waals surface area contributed by atoms with Crippen LogP contribution in [0.2, 0.25) is 0 Å². The van der Waals surface area contributed by atoms with Gasteiger partial charge in [-0.25, -0.2) is 0 Å². The zero-order valence-corrected chi connectivity index (χ0v) is 15.4. The minimum atomic E-state index is -1.18. The highest BCUT2D eigenvalue weighted by molar-refractivity contribution is 6.14. The summed E-state index contributed by atoms with van der Waals surface area (Å²) in [5.74, 6) is -0.860. The number of esters is 1. The number of fused-ring (bicyclic) bond motifs is 1. The van der Waals surface area contributed by atoms with Crippen molar-refractivity contribution in [3.8, 4) is 5.75 Å². The average molecular weight is 362 g/mol. The fourth-order valence-electron chi connectivity index (χ4n) is 3.62. The van der Waals surface area contributed by atoms with E-state index in [1.54, 1.807) is 26.2 Å². The number of unbranched alkanes of at least 4 members (excludes halogenated alkanes) is 2. The number of methoxy groups -OCH3 is 1. The first-order valence-corrected chi connectivity index (χ1v) is 9.06. The molecule has 0 bridgehead atoms. The second-order valence-electron chi connectivity index (χ2n) is 6.57. The van der Waals surface area contributed by atoms with E-state index in [0.29, 0.717) is 49.8 Å². The lowest BCUT2D eigenvalue weighted by Crippen LogP contribution is -2.44. The van der Waals surface area contributed by atoms with Crippen molar-refractivity contribution in [1.82, 2.24) is 0 Å². The SMILES string of the molecule is CCOC(=O)C1(CCCCCC(=O)O)CCc2c(OC)cccc2C1=O. The normalized spacial score (nSPS) is 18.9. The van der Waals surface area contributed by atoms with Crippen molar-refractivity contribution in [2.24, 2.45) is 5.41 Å². The van der Waals surface area contributed by atoms with E-state index in [4.69, 9.17) is 14.6 Å². The maximum atomic E-state index is 13.2. The third-order valence-electron chi connectivity index (χ3n) is 4.99. The fraction of sp³-hybridized carbons (Fsp3) is 0.550. The molecule has 0 spiro atoms. The van der Waals surface area contributed by atoms with Crippen LogP contribution in [0.4, 0.5) is 0 Å². The molecule has 0 radical (unpaired) electrons. The molecule has 1 aliphatic rings. The number of aliphatic carboxylic acids is 1. The molecule has 1 aliphatic carbocycles. The maximum Gasteiger partial charge on any atom is 0.320 e. The molecule has 1 aromatic carbocycles. The van der Waals surface area contributed by atoms with Crippen LogP contribution >= 0.6 is 0 Å².